The van der Waals surface area contributed by atoms with Crippen LogP contribution in [0, 0.1) is 0 Å². The zero-order valence-electron chi connectivity index (χ0n) is 11.0. The number of thioether (sulfide) groups is 1. The first-order valence-electron chi connectivity index (χ1n) is 5.62. The van der Waals surface area contributed by atoms with E-state index in [-0.39, 0.29) is 63.6 Å². The molecule has 0 amide bonds. The van der Waals surface area contributed by atoms with Crippen LogP contribution >= 0.6 is 11.8 Å². The largest absolute Gasteiger partial charge is 1.00 e. The summed E-state index contributed by atoms with van der Waals surface area (Å²) in [6.45, 7) is -0.517. The first kappa shape index (κ1) is 21.7. The van der Waals surface area contributed by atoms with Crippen LogP contribution in [0.15, 0.2) is 0 Å². The van der Waals surface area contributed by atoms with E-state index in [0.717, 1.165) is 11.8 Å². The van der Waals surface area contributed by atoms with Crippen LogP contribution in [0.4, 0.5) is 0 Å². The molecule has 0 radical (unpaired) electrons. The number of hydrogen-bond donors (Lipinski definition) is 4. The van der Waals surface area contributed by atoms with Crippen molar-refractivity contribution in [2.24, 2.45) is 0 Å². The molecule has 0 aromatic carbocycles. The van der Waals surface area contributed by atoms with Crippen molar-refractivity contribution in [2.75, 3.05) is 18.1 Å². The molecule has 20 heavy (non-hydrogen) atoms. The fourth-order valence-electron chi connectivity index (χ4n) is 1.64. The monoisotopic (exact) mass is 356 g/mol. The zero-order valence-corrected chi connectivity index (χ0v) is 15.7. The van der Waals surface area contributed by atoms with Gasteiger partial charge in [-0.3, -0.25) is 0 Å². The summed E-state index contributed by atoms with van der Waals surface area (Å²) in [6.07, 6.45) is -5.12. The standard InChI is InChI=1S/C9H18O8S2.K/c10-4-5-6(11)7(12)8(13)9(17-5)18-2-1-3-19(14,15)16;/h5-13H,1-4H2,(H,14,15,16);/q;+1/p-1/t5-,6-,7+,8-,9+;/m1./s1. The van der Waals surface area contributed by atoms with Gasteiger partial charge in [-0.2, -0.15) is 0 Å². The van der Waals surface area contributed by atoms with E-state index in [2.05, 4.69) is 0 Å². The molecule has 11 heteroatoms. The van der Waals surface area contributed by atoms with Crippen molar-refractivity contribution in [2.45, 2.75) is 36.3 Å². The molecule has 1 aliphatic rings. The fraction of sp³-hybridized carbons (Fsp3) is 1.00. The molecule has 0 aromatic rings. The van der Waals surface area contributed by atoms with Gasteiger partial charge >= 0.3 is 51.4 Å². The normalized spacial score (nSPS) is 34.5. The van der Waals surface area contributed by atoms with Gasteiger partial charge in [0.15, 0.2) is 0 Å². The Hall–Kier alpha value is 1.70. The van der Waals surface area contributed by atoms with Crippen LogP contribution < -0.4 is 51.4 Å². The van der Waals surface area contributed by atoms with E-state index >= 15 is 0 Å². The molecule has 1 saturated heterocycles. The van der Waals surface area contributed by atoms with Gasteiger partial charge in [0.2, 0.25) is 0 Å². The van der Waals surface area contributed by atoms with Gasteiger partial charge in [0.05, 0.1) is 16.7 Å². The quantitative estimate of drug-likeness (QED) is 0.208. The Bertz CT molecular complexity index is 376. The molecule has 4 N–H and O–H groups in total. The Morgan fingerprint density at radius 3 is 2.25 bits per heavy atom. The maximum atomic E-state index is 10.4. The van der Waals surface area contributed by atoms with E-state index in [0.29, 0.717) is 0 Å². The molecule has 0 saturated carbocycles. The molecule has 0 unspecified atom stereocenters. The first-order valence-corrected chi connectivity index (χ1v) is 8.24. The van der Waals surface area contributed by atoms with Crippen molar-refractivity contribution in [3.8, 4) is 0 Å². The number of aliphatic hydroxyl groups is 4. The van der Waals surface area contributed by atoms with Gasteiger partial charge in [-0.1, -0.05) is 0 Å². The van der Waals surface area contributed by atoms with E-state index in [4.69, 9.17) is 9.84 Å². The van der Waals surface area contributed by atoms with Crippen LogP contribution in [0.3, 0.4) is 0 Å². The third kappa shape index (κ3) is 6.85. The Morgan fingerprint density at radius 1 is 1.15 bits per heavy atom. The molecule has 1 fully saturated rings. The van der Waals surface area contributed by atoms with E-state index < -0.39 is 52.3 Å². The van der Waals surface area contributed by atoms with Crippen molar-refractivity contribution in [1.82, 2.24) is 0 Å². The van der Waals surface area contributed by atoms with Crippen molar-refractivity contribution in [1.29, 1.82) is 0 Å². The molecule has 5 atom stereocenters. The van der Waals surface area contributed by atoms with Crippen LogP contribution in [0.2, 0.25) is 0 Å². The molecule has 0 aromatic heterocycles. The van der Waals surface area contributed by atoms with Crippen molar-refractivity contribution in [3.05, 3.63) is 0 Å². The Balaban J connectivity index is 0.00000361. The summed E-state index contributed by atoms with van der Waals surface area (Å²) in [5, 5.41) is 37.6. The van der Waals surface area contributed by atoms with E-state index in [1.165, 1.54) is 0 Å². The van der Waals surface area contributed by atoms with Gasteiger partial charge in [-0.15, -0.1) is 11.8 Å². The molecular formula is C9H17KO8S2. The van der Waals surface area contributed by atoms with E-state index in [9.17, 15) is 28.3 Å². The van der Waals surface area contributed by atoms with Gasteiger partial charge in [-0.25, -0.2) is 8.42 Å². The Morgan fingerprint density at radius 2 is 1.75 bits per heavy atom. The van der Waals surface area contributed by atoms with Crippen molar-refractivity contribution in [3.63, 3.8) is 0 Å². The molecular weight excluding hydrogens is 339 g/mol. The SMILES string of the molecule is O=S(=O)([O-])CCCS[C@@H]1O[C@H](CO)[C@@H](O)[C@H](O)[C@H]1O.[K+]. The Labute approximate surface area is 164 Å². The summed E-state index contributed by atoms with van der Waals surface area (Å²) in [7, 11) is -4.27. The third-order valence-electron chi connectivity index (χ3n) is 2.67. The Kier molecular flexibility index (Phi) is 10.6. The molecule has 0 spiro atoms. The van der Waals surface area contributed by atoms with Crippen LogP contribution in [0.25, 0.3) is 0 Å². The number of ether oxygens (including phenoxy) is 1. The smallest absolute Gasteiger partial charge is 0.748 e. The molecule has 1 heterocycles. The second kappa shape index (κ2) is 9.75. The minimum atomic E-state index is -4.27. The summed E-state index contributed by atoms with van der Waals surface area (Å²) < 4.78 is 36.4. The summed E-state index contributed by atoms with van der Waals surface area (Å²) in [5.74, 6) is -0.290. The number of hydrogen-bond acceptors (Lipinski definition) is 9. The minimum Gasteiger partial charge on any atom is -0.748 e. The van der Waals surface area contributed by atoms with Gasteiger partial charge in [0, 0.05) is 5.75 Å². The second-order valence-corrected chi connectivity index (χ2v) is 6.91. The molecule has 8 nitrogen and oxygen atoms in total. The van der Waals surface area contributed by atoms with Crippen molar-refractivity contribution >= 4 is 21.9 Å². The fourth-order valence-corrected chi connectivity index (χ4v) is 3.44. The van der Waals surface area contributed by atoms with Gasteiger partial charge in [0.1, 0.15) is 29.9 Å². The predicted molar refractivity (Wildman–Crippen MR) is 65.4 cm³/mol. The van der Waals surface area contributed by atoms with E-state index in [1.54, 1.807) is 0 Å². The van der Waals surface area contributed by atoms with Gasteiger partial charge in [0.25, 0.3) is 0 Å². The molecule has 1 aliphatic heterocycles. The minimum absolute atomic E-state index is 0. The molecule has 1 rings (SSSR count). The maximum absolute atomic E-state index is 10.4. The van der Waals surface area contributed by atoms with Crippen LogP contribution in [0.5, 0.6) is 0 Å². The topological polar surface area (TPSA) is 147 Å². The maximum Gasteiger partial charge on any atom is 1.00 e. The summed E-state index contributed by atoms with van der Waals surface area (Å²) in [6, 6.07) is 0. The van der Waals surface area contributed by atoms with Gasteiger partial charge < -0.3 is 29.7 Å². The van der Waals surface area contributed by atoms with Crippen molar-refractivity contribution < 1.29 is 89.5 Å². The molecule has 0 aliphatic carbocycles. The zero-order chi connectivity index (χ0) is 14.6. The summed E-state index contributed by atoms with van der Waals surface area (Å²) >= 11 is 1.01. The van der Waals surface area contributed by atoms with Crippen LogP contribution in [-0.4, -0.2) is 81.4 Å². The van der Waals surface area contributed by atoms with E-state index in [1.807, 2.05) is 0 Å². The second-order valence-electron chi connectivity index (χ2n) is 4.18. The predicted octanol–water partition coefficient (Wildman–Crippen LogP) is -5.54. The number of aliphatic hydroxyl groups excluding tert-OH is 4. The average Bonchev–Trinajstić information content (AvgIpc) is 2.33. The third-order valence-corrected chi connectivity index (χ3v) is 4.70. The molecule has 0 bridgehead atoms. The van der Waals surface area contributed by atoms with Crippen LogP contribution in [0.1, 0.15) is 6.42 Å². The summed E-state index contributed by atoms with van der Waals surface area (Å²) in [5.41, 5.74) is -0.898. The van der Waals surface area contributed by atoms with Gasteiger partial charge in [-0.05, 0) is 12.2 Å². The molecule has 114 valence electrons. The summed E-state index contributed by atoms with van der Waals surface area (Å²) in [4.78, 5) is 0. The average molecular weight is 356 g/mol. The first-order chi connectivity index (χ1) is 8.76. The van der Waals surface area contributed by atoms with Crippen LogP contribution in [-0.2, 0) is 14.9 Å². The number of rotatable bonds is 6.